The third-order valence-corrected chi connectivity index (χ3v) is 3.58. The van der Waals surface area contributed by atoms with Crippen molar-refractivity contribution in [2.75, 3.05) is 33.4 Å². The molecule has 1 fully saturated rings. The minimum Gasteiger partial charge on any atom is -0.491 e. The van der Waals surface area contributed by atoms with Crippen LogP contribution in [0.5, 0.6) is 5.75 Å². The first kappa shape index (κ1) is 13.4. The van der Waals surface area contributed by atoms with Gasteiger partial charge in [0.2, 0.25) is 0 Å². The van der Waals surface area contributed by atoms with Gasteiger partial charge in [-0.25, -0.2) is 0 Å². The Morgan fingerprint density at radius 3 is 2.67 bits per heavy atom. The van der Waals surface area contributed by atoms with E-state index in [2.05, 4.69) is 30.4 Å². The molecule has 3 nitrogen and oxygen atoms in total. The van der Waals surface area contributed by atoms with E-state index in [0.717, 1.165) is 18.8 Å². The fourth-order valence-electron chi connectivity index (χ4n) is 2.57. The van der Waals surface area contributed by atoms with E-state index in [4.69, 9.17) is 9.47 Å². The van der Waals surface area contributed by atoms with Gasteiger partial charge in [0.15, 0.2) is 0 Å². The summed E-state index contributed by atoms with van der Waals surface area (Å²) in [4.78, 5) is 0. The summed E-state index contributed by atoms with van der Waals surface area (Å²) < 4.78 is 10.6. The third kappa shape index (κ3) is 3.47. The average Bonchev–Trinajstić information content (AvgIpc) is 2.40. The Morgan fingerprint density at radius 2 is 2.00 bits per heavy atom. The molecule has 1 saturated heterocycles. The van der Waals surface area contributed by atoms with E-state index in [0.29, 0.717) is 19.1 Å². The van der Waals surface area contributed by atoms with E-state index in [1.54, 1.807) is 7.11 Å². The molecule has 0 atom stereocenters. The fraction of sp³-hybridized carbons (Fsp3) is 0.600. The van der Waals surface area contributed by atoms with Gasteiger partial charge in [-0.05, 0) is 62.0 Å². The highest BCUT2D eigenvalue weighted by molar-refractivity contribution is 5.37. The topological polar surface area (TPSA) is 30.5 Å². The lowest BCUT2D eigenvalue weighted by atomic mass is 9.87. The molecule has 0 aromatic heterocycles. The normalized spacial score (nSPS) is 16.8. The number of hydrogen-bond acceptors (Lipinski definition) is 3. The van der Waals surface area contributed by atoms with Gasteiger partial charge in [0.25, 0.3) is 0 Å². The molecule has 100 valence electrons. The number of ether oxygens (including phenoxy) is 2. The maximum absolute atomic E-state index is 5.63. The number of rotatable bonds is 5. The van der Waals surface area contributed by atoms with Crippen LogP contribution in [0.3, 0.4) is 0 Å². The molecule has 1 N–H and O–H groups in total. The van der Waals surface area contributed by atoms with Crippen LogP contribution >= 0.6 is 0 Å². The minimum absolute atomic E-state index is 0.614. The van der Waals surface area contributed by atoms with Crippen LogP contribution in [0.4, 0.5) is 0 Å². The largest absolute Gasteiger partial charge is 0.491 e. The zero-order valence-corrected chi connectivity index (χ0v) is 11.4. The van der Waals surface area contributed by atoms with Crippen molar-refractivity contribution in [3.8, 4) is 5.75 Å². The SMILES string of the molecule is COCCOc1ccc(C2CCNCC2)c(C)c1. The van der Waals surface area contributed by atoms with Gasteiger partial charge in [-0.1, -0.05) is 6.07 Å². The lowest BCUT2D eigenvalue weighted by molar-refractivity contribution is 0.146. The highest BCUT2D eigenvalue weighted by Crippen LogP contribution is 2.29. The Morgan fingerprint density at radius 1 is 1.22 bits per heavy atom. The van der Waals surface area contributed by atoms with Crippen LogP contribution in [0.2, 0.25) is 0 Å². The number of hydrogen-bond donors (Lipinski definition) is 1. The fourth-order valence-corrected chi connectivity index (χ4v) is 2.57. The predicted molar refractivity (Wildman–Crippen MR) is 73.4 cm³/mol. The molecule has 0 bridgehead atoms. The lowest BCUT2D eigenvalue weighted by Gasteiger charge is -2.24. The van der Waals surface area contributed by atoms with Gasteiger partial charge >= 0.3 is 0 Å². The van der Waals surface area contributed by atoms with E-state index in [9.17, 15) is 0 Å². The maximum atomic E-state index is 5.63. The van der Waals surface area contributed by atoms with E-state index >= 15 is 0 Å². The van der Waals surface area contributed by atoms with Crippen molar-refractivity contribution in [2.24, 2.45) is 0 Å². The molecule has 1 aliphatic heterocycles. The molecule has 18 heavy (non-hydrogen) atoms. The van der Waals surface area contributed by atoms with Crippen molar-refractivity contribution >= 4 is 0 Å². The Labute approximate surface area is 109 Å². The van der Waals surface area contributed by atoms with Crippen molar-refractivity contribution in [2.45, 2.75) is 25.7 Å². The van der Waals surface area contributed by atoms with Crippen molar-refractivity contribution < 1.29 is 9.47 Å². The van der Waals surface area contributed by atoms with Crippen LogP contribution in [0.15, 0.2) is 18.2 Å². The average molecular weight is 249 g/mol. The van der Waals surface area contributed by atoms with E-state index in [1.165, 1.54) is 24.0 Å². The number of benzene rings is 1. The van der Waals surface area contributed by atoms with E-state index in [1.807, 2.05) is 0 Å². The Hall–Kier alpha value is -1.06. The molecule has 1 heterocycles. The molecule has 1 aromatic rings. The Kier molecular flexibility index (Phi) is 5.02. The van der Waals surface area contributed by atoms with Crippen LogP contribution in [0, 0.1) is 6.92 Å². The van der Waals surface area contributed by atoms with Gasteiger partial charge in [0.1, 0.15) is 12.4 Å². The summed E-state index contributed by atoms with van der Waals surface area (Å²) in [6, 6.07) is 6.46. The molecule has 0 unspecified atom stereocenters. The lowest BCUT2D eigenvalue weighted by Crippen LogP contribution is -2.26. The molecular weight excluding hydrogens is 226 g/mol. The van der Waals surface area contributed by atoms with E-state index < -0.39 is 0 Å². The molecule has 1 aliphatic rings. The summed E-state index contributed by atoms with van der Waals surface area (Å²) in [6.07, 6.45) is 2.48. The summed E-state index contributed by atoms with van der Waals surface area (Å²) in [6.45, 7) is 5.70. The molecule has 0 radical (unpaired) electrons. The second-order valence-corrected chi connectivity index (χ2v) is 4.88. The van der Waals surface area contributed by atoms with Crippen LogP contribution in [0.1, 0.15) is 29.9 Å². The summed E-state index contributed by atoms with van der Waals surface area (Å²) in [5.41, 5.74) is 2.83. The number of piperidine rings is 1. The second kappa shape index (κ2) is 6.76. The van der Waals surface area contributed by atoms with Crippen LogP contribution in [0.25, 0.3) is 0 Å². The van der Waals surface area contributed by atoms with Crippen LogP contribution in [-0.2, 0) is 4.74 Å². The van der Waals surface area contributed by atoms with Crippen molar-refractivity contribution in [1.82, 2.24) is 5.32 Å². The van der Waals surface area contributed by atoms with Crippen molar-refractivity contribution in [3.05, 3.63) is 29.3 Å². The quantitative estimate of drug-likeness (QED) is 0.813. The smallest absolute Gasteiger partial charge is 0.119 e. The zero-order valence-electron chi connectivity index (χ0n) is 11.4. The first-order valence-corrected chi connectivity index (χ1v) is 6.74. The predicted octanol–water partition coefficient (Wildman–Crippen LogP) is 2.49. The van der Waals surface area contributed by atoms with Gasteiger partial charge in [0, 0.05) is 7.11 Å². The molecule has 0 spiro atoms. The molecule has 0 aliphatic carbocycles. The summed E-state index contributed by atoms with van der Waals surface area (Å²) in [5.74, 6) is 1.65. The van der Waals surface area contributed by atoms with Gasteiger partial charge in [-0.3, -0.25) is 0 Å². The highest BCUT2D eigenvalue weighted by Gasteiger charge is 2.16. The van der Waals surface area contributed by atoms with Gasteiger partial charge in [-0.2, -0.15) is 0 Å². The summed E-state index contributed by atoms with van der Waals surface area (Å²) >= 11 is 0. The highest BCUT2D eigenvalue weighted by atomic mass is 16.5. The van der Waals surface area contributed by atoms with Gasteiger partial charge in [-0.15, -0.1) is 0 Å². The Bertz CT molecular complexity index is 373. The molecule has 1 aromatic carbocycles. The molecule has 3 heteroatoms. The van der Waals surface area contributed by atoms with E-state index in [-0.39, 0.29) is 0 Å². The maximum Gasteiger partial charge on any atom is 0.119 e. The first-order valence-electron chi connectivity index (χ1n) is 6.74. The summed E-state index contributed by atoms with van der Waals surface area (Å²) in [7, 11) is 1.69. The minimum atomic E-state index is 0.614. The number of aryl methyl sites for hydroxylation is 1. The molecule has 0 amide bonds. The van der Waals surface area contributed by atoms with Crippen molar-refractivity contribution in [1.29, 1.82) is 0 Å². The van der Waals surface area contributed by atoms with Gasteiger partial charge < -0.3 is 14.8 Å². The van der Waals surface area contributed by atoms with Crippen molar-refractivity contribution in [3.63, 3.8) is 0 Å². The van der Waals surface area contributed by atoms with Crippen LogP contribution in [-0.4, -0.2) is 33.4 Å². The monoisotopic (exact) mass is 249 g/mol. The standard InChI is InChI=1S/C15H23NO2/c1-12-11-14(18-10-9-17-2)3-4-15(12)13-5-7-16-8-6-13/h3-4,11,13,16H,5-10H2,1-2H3. The Balaban J connectivity index is 2.00. The molecular formula is C15H23NO2. The number of nitrogens with one attached hydrogen (secondary N) is 1. The molecule has 2 rings (SSSR count). The van der Waals surface area contributed by atoms with Crippen LogP contribution < -0.4 is 10.1 Å². The summed E-state index contributed by atoms with van der Waals surface area (Å²) in [5, 5.41) is 3.41. The zero-order chi connectivity index (χ0) is 12.8. The second-order valence-electron chi connectivity index (χ2n) is 4.88. The van der Waals surface area contributed by atoms with Gasteiger partial charge in [0.05, 0.1) is 6.61 Å². The third-order valence-electron chi connectivity index (χ3n) is 3.58. The number of methoxy groups -OCH3 is 1. The molecule has 0 saturated carbocycles. The first-order chi connectivity index (χ1) is 8.81.